The van der Waals surface area contributed by atoms with Gasteiger partial charge in [0.2, 0.25) is 10.0 Å². The molecule has 0 fully saturated rings. The van der Waals surface area contributed by atoms with Crippen molar-refractivity contribution in [3.63, 3.8) is 0 Å². The van der Waals surface area contributed by atoms with Crippen molar-refractivity contribution in [2.24, 2.45) is 0 Å². The zero-order valence-corrected chi connectivity index (χ0v) is 15.6. The fourth-order valence-electron chi connectivity index (χ4n) is 1.70. The minimum atomic E-state index is -3.31. The average molecular weight is 326 g/mol. The average Bonchev–Trinajstić information content (AvgIpc) is 2.59. The van der Waals surface area contributed by atoms with E-state index in [2.05, 4.69) is 17.4 Å². The lowest BCUT2D eigenvalue weighted by atomic mass is 9.98. The molecule has 1 N–H and O–H groups in total. The Morgan fingerprint density at radius 1 is 1.18 bits per heavy atom. The van der Waals surface area contributed by atoms with Gasteiger partial charge >= 0.3 is 0 Å². The van der Waals surface area contributed by atoms with E-state index in [9.17, 15) is 8.42 Å². The third-order valence-electron chi connectivity index (χ3n) is 2.57. The SMILES string of the molecule is C=CC.CC.CC.CNS(=O)(=O)c1ccc2c(c1)CCC=C2. The monoisotopic (exact) mass is 325 g/mol. The van der Waals surface area contributed by atoms with Crippen molar-refractivity contribution < 1.29 is 8.42 Å². The number of hydrogen-bond acceptors (Lipinski definition) is 2. The summed E-state index contributed by atoms with van der Waals surface area (Å²) in [7, 11) is -1.88. The Bertz CT molecular complexity index is 546. The van der Waals surface area contributed by atoms with Crippen LogP contribution in [0.1, 0.15) is 52.2 Å². The lowest BCUT2D eigenvalue weighted by Crippen LogP contribution is -2.18. The summed E-state index contributed by atoms with van der Waals surface area (Å²) >= 11 is 0. The van der Waals surface area contributed by atoms with Crippen LogP contribution in [-0.4, -0.2) is 15.5 Å². The highest BCUT2D eigenvalue weighted by molar-refractivity contribution is 7.89. The number of nitrogens with one attached hydrogen (secondary N) is 1. The Labute approximate surface area is 137 Å². The second-order valence-electron chi connectivity index (χ2n) is 3.92. The van der Waals surface area contributed by atoms with Crippen LogP contribution in [0.2, 0.25) is 0 Å². The highest BCUT2D eigenvalue weighted by Crippen LogP contribution is 2.22. The first-order chi connectivity index (χ1) is 10.5. The van der Waals surface area contributed by atoms with Gasteiger partial charge in [0.05, 0.1) is 4.90 Å². The molecular weight excluding hydrogens is 294 g/mol. The van der Waals surface area contributed by atoms with Crippen molar-refractivity contribution in [1.82, 2.24) is 4.72 Å². The van der Waals surface area contributed by atoms with Gasteiger partial charge in [0.15, 0.2) is 0 Å². The normalized spacial score (nSPS) is 11.4. The van der Waals surface area contributed by atoms with E-state index >= 15 is 0 Å². The minimum Gasteiger partial charge on any atom is -0.214 e. The van der Waals surface area contributed by atoms with Crippen LogP contribution in [0.25, 0.3) is 6.08 Å². The molecule has 1 aliphatic rings. The standard InChI is InChI=1S/C11H13NO2S.C3H6.2C2H6/c1-12-15(13,14)11-7-6-9-4-2-3-5-10(9)8-11;1-3-2;2*1-2/h2,4,6-8,12H,3,5H2,1H3;3H,1H2,2H3;2*1-2H3. The molecule has 0 spiro atoms. The predicted molar refractivity (Wildman–Crippen MR) is 98.6 cm³/mol. The number of fused-ring (bicyclic) bond motifs is 1. The third-order valence-corrected chi connectivity index (χ3v) is 3.98. The second kappa shape index (κ2) is 13.3. The molecule has 0 radical (unpaired) electrons. The molecule has 0 heterocycles. The topological polar surface area (TPSA) is 46.2 Å². The minimum absolute atomic E-state index is 0.346. The van der Waals surface area contributed by atoms with Gasteiger partial charge in [-0.2, -0.15) is 0 Å². The molecule has 1 aromatic carbocycles. The quantitative estimate of drug-likeness (QED) is 0.794. The first kappa shape index (κ1) is 22.9. The summed E-state index contributed by atoms with van der Waals surface area (Å²) in [6, 6.07) is 5.25. The van der Waals surface area contributed by atoms with E-state index in [1.807, 2.05) is 46.8 Å². The van der Waals surface area contributed by atoms with E-state index in [0.717, 1.165) is 24.0 Å². The lowest BCUT2D eigenvalue weighted by molar-refractivity contribution is 0.588. The van der Waals surface area contributed by atoms with Crippen LogP contribution in [-0.2, 0) is 16.4 Å². The Morgan fingerprint density at radius 2 is 1.73 bits per heavy atom. The zero-order valence-electron chi connectivity index (χ0n) is 14.8. The van der Waals surface area contributed by atoms with Gasteiger partial charge in [-0.1, -0.05) is 52.0 Å². The predicted octanol–water partition coefficient (Wildman–Crippen LogP) is 4.80. The molecule has 0 bridgehead atoms. The van der Waals surface area contributed by atoms with Gasteiger partial charge in [-0.3, -0.25) is 0 Å². The van der Waals surface area contributed by atoms with Crippen molar-refractivity contribution >= 4 is 16.1 Å². The molecule has 0 aliphatic heterocycles. The van der Waals surface area contributed by atoms with E-state index in [4.69, 9.17) is 0 Å². The molecular formula is C18H31NO2S. The van der Waals surface area contributed by atoms with Crippen LogP contribution in [0.5, 0.6) is 0 Å². The highest BCUT2D eigenvalue weighted by atomic mass is 32.2. The molecule has 0 atom stereocenters. The summed E-state index contributed by atoms with van der Waals surface area (Å²) in [5, 5.41) is 0. The fraction of sp³-hybridized carbons (Fsp3) is 0.444. The van der Waals surface area contributed by atoms with Gasteiger partial charge in [-0.15, -0.1) is 6.58 Å². The first-order valence-electron chi connectivity index (χ1n) is 7.85. The fourth-order valence-corrected chi connectivity index (χ4v) is 2.48. The molecule has 0 aromatic heterocycles. The third kappa shape index (κ3) is 7.57. The molecule has 2 rings (SSSR count). The summed E-state index contributed by atoms with van der Waals surface area (Å²) in [5.41, 5.74) is 2.23. The van der Waals surface area contributed by atoms with E-state index in [1.54, 1.807) is 18.2 Å². The smallest absolute Gasteiger partial charge is 0.214 e. The number of sulfonamides is 1. The Balaban J connectivity index is 0. The van der Waals surface area contributed by atoms with E-state index in [-0.39, 0.29) is 0 Å². The zero-order chi connectivity index (χ0) is 17.6. The van der Waals surface area contributed by atoms with Crippen LogP contribution in [0.4, 0.5) is 0 Å². The molecule has 1 aliphatic carbocycles. The van der Waals surface area contributed by atoms with Crippen LogP contribution >= 0.6 is 0 Å². The van der Waals surface area contributed by atoms with Gasteiger partial charge in [0.25, 0.3) is 0 Å². The van der Waals surface area contributed by atoms with Crippen molar-refractivity contribution in [1.29, 1.82) is 0 Å². The molecule has 3 nitrogen and oxygen atoms in total. The number of rotatable bonds is 2. The van der Waals surface area contributed by atoms with E-state index < -0.39 is 10.0 Å². The summed E-state index contributed by atoms with van der Waals surface area (Å²) in [6.07, 6.45) is 7.79. The number of allylic oxidation sites excluding steroid dienone is 2. The van der Waals surface area contributed by atoms with Crippen LogP contribution in [0.15, 0.2) is 41.8 Å². The Morgan fingerprint density at radius 3 is 2.23 bits per heavy atom. The summed E-state index contributed by atoms with van der Waals surface area (Å²) < 4.78 is 25.4. The number of hydrogen-bond donors (Lipinski definition) is 1. The molecule has 0 saturated carbocycles. The maximum atomic E-state index is 11.6. The molecule has 1 aromatic rings. The Kier molecular flexibility index (Phi) is 13.8. The van der Waals surface area contributed by atoms with Crippen LogP contribution in [0, 0.1) is 0 Å². The Hall–Kier alpha value is -1.39. The molecule has 22 heavy (non-hydrogen) atoms. The van der Waals surface area contributed by atoms with Gasteiger partial charge < -0.3 is 0 Å². The molecule has 0 unspecified atom stereocenters. The van der Waals surface area contributed by atoms with Crippen molar-refractivity contribution in [2.75, 3.05) is 7.05 Å². The van der Waals surface area contributed by atoms with Gasteiger partial charge in [-0.05, 0) is 50.1 Å². The lowest BCUT2D eigenvalue weighted by Gasteiger charge is -2.11. The number of aryl methyl sites for hydroxylation is 1. The van der Waals surface area contributed by atoms with Crippen molar-refractivity contribution in [3.8, 4) is 0 Å². The van der Waals surface area contributed by atoms with E-state index in [0.29, 0.717) is 4.90 Å². The van der Waals surface area contributed by atoms with Gasteiger partial charge in [0, 0.05) is 0 Å². The van der Waals surface area contributed by atoms with Crippen molar-refractivity contribution in [2.45, 2.75) is 52.4 Å². The van der Waals surface area contributed by atoms with Crippen molar-refractivity contribution in [3.05, 3.63) is 48.1 Å². The van der Waals surface area contributed by atoms with Crippen LogP contribution < -0.4 is 4.72 Å². The van der Waals surface area contributed by atoms with E-state index in [1.165, 1.54) is 7.05 Å². The maximum Gasteiger partial charge on any atom is 0.240 e. The molecule has 0 amide bonds. The molecule has 126 valence electrons. The summed E-state index contributed by atoms with van der Waals surface area (Å²) in [6.45, 7) is 13.2. The molecule has 0 saturated heterocycles. The number of benzene rings is 1. The largest absolute Gasteiger partial charge is 0.240 e. The van der Waals surface area contributed by atoms with Gasteiger partial charge in [-0.25, -0.2) is 13.1 Å². The second-order valence-corrected chi connectivity index (χ2v) is 5.80. The van der Waals surface area contributed by atoms with Crippen LogP contribution in [0.3, 0.4) is 0 Å². The first-order valence-corrected chi connectivity index (χ1v) is 9.33. The summed E-state index contributed by atoms with van der Waals surface area (Å²) in [5.74, 6) is 0. The molecule has 4 heteroatoms. The maximum absolute atomic E-state index is 11.6. The highest BCUT2D eigenvalue weighted by Gasteiger charge is 2.13. The summed E-state index contributed by atoms with van der Waals surface area (Å²) in [4.78, 5) is 0.346. The van der Waals surface area contributed by atoms with Gasteiger partial charge in [0.1, 0.15) is 0 Å².